The largest absolute Gasteiger partial charge is 0.465 e. The normalized spacial score (nSPS) is 10.2. The van der Waals surface area contributed by atoms with Crippen LogP contribution in [-0.4, -0.2) is 19.7 Å². The van der Waals surface area contributed by atoms with Crippen molar-refractivity contribution in [2.24, 2.45) is 0 Å². The molecular formula is C11H9ClF2O3. The van der Waals surface area contributed by atoms with E-state index >= 15 is 0 Å². The van der Waals surface area contributed by atoms with Gasteiger partial charge in [-0.15, -0.1) is 0 Å². The van der Waals surface area contributed by atoms with Crippen LogP contribution in [0.15, 0.2) is 18.7 Å². The summed E-state index contributed by atoms with van der Waals surface area (Å²) >= 11 is 5.87. The third-order valence-corrected chi connectivity index (χ3v) is 2.37. The number of esters is 1. The fourth-order valence-corrected chi connectivity index (χ4v) is 1.54. The minimum Gasteiger partial charge on any atom is -0.465 e. The molecule has 1 rings (SSSR count). The van der Waals surface area contributed by atoms with Gasteiger partial charge in [-0.2, -0.15) is 8.78 Å². The Hall–Kier alpha value is -1.62. The molecule has 1 aromatic rings. The maximum Gasteiger partial charge on any atom is 0.387 e. The molecule has 0 aliphatic heterocycles. The van der Waals surface area contributed by atoms with E-state index in [0.29, 0.717) is 0 Å². The van der Waals surface area contributed by atoms with Gasteiger partial charge < -0.3 is 9.47 Å². The highest BCUT2D eigenvalue weighted by atomic mass is 35.5. The summed E-state index contributed by atoms with van der Waals surface area (Å²) in [6.45, 7) is 0.447. The van der Waals surface area contributed by atoms with E-state index in [0.717, 1.165) is 0 Å². The number of methoxy groups -OCH3 is 1. The van der Waals surface area contributed by atoms with Gasteiger partial charge in [0.05, 0.1) is 17.7 Å². The number of hydrogen-bond donors (Lipinski definition) is 0. The van der Waals surface area contributed by atoms with Crippen molar-refractivity contribution < 1.29 is 23.0 Å². The van der Waals surface area contributed by atoms with Crippen LogP contribution in [0.3, 0.4) is 0 Å². The first-order valence-corrected chi connectivity index (χ1v) is 4.87. The number of benzene rings is 1. The van der Waals surface area contributed by atoms with Gasteiger partial charge in [0.25, 0.3) is 0 Å². The Morgan fingerprint density at radius 2 is 2.18 bits per heavy atom. The summed E-state index contributed by atoms with van der Waals surface area (Å²) in [6.07, 6.45) is 1.23. The lowest BCUT2D eigenvalue weighted by Gasteiger charge is -2.11. The lowest BCUT2D eigenvalue weighted by Crippen LogP contribution is -2.07. The van der Waals surface area contributed by atoms with Gasteiger partial charge in [0.15, 0.2) is 0 Å². The minimum absolute atomic E-state index is 0.0370. The van der Waals surface area contributed by atoms with Crippen molar-refractivity contribution in [3.05, 3.63) is 34.9 Å². The SMILES string of the molecule is C=Cc1c(OC(F)F)ccc(C(=O)OC)c1Cl. The molecule has 0 atom stereocenters. The number of ether oxygens (including phenoxy) is 2. The predicted octanol–water partition coefficient (Wildman–Crippen LogP) is 3.37. The van der Waals surface area contributed by atoms with Crippen molar-refractivity contribution in [3.63, 3.8) is 0 Å². The van der Waals surface area contributed by atoms with Crippen LogP contribution >= 0.6 is 11.6 Å². The zero-order chi connectivity index (χ0) is 13.0. The summed E-state index contributed by atoms with van der Waals surface area (Å²) in [4.78, 5) is 11.3. The van der Waals surface area contributed by atoms with Gasteiger partial charge >= 0.3 is 12.6 Å². The van der Waals surface area contributed by atoms with E-state index in [-0.39, 0.29) is 21.9 Å². The predicted molar refractivity (Wildman–Crippen MR) is 59.5 cm³/mol. The number of carbonyl (C=O) groups excluding carboxylic acids is 1. The molecule has 0 aliphatic carbocycles. The number of halogens is 3. The first-order valence-electron chi connectivity index (χ1n) is 4.49. The van der Waals surface area contributed by atoms with E-state index in [1.54, 1.807) is 0 Å². The molecule has 92 valence electrons. The van der Waals surface area contributed by atoms with Crippen LogP contribution in [-0.2, 0) is 4.74 Å². The lowest BCUT2D eigenvalue weighted by molar-refractivity contribution is -0.0499. The fraction of sp³-hybridized carbons (Fsp3) is 0.182. The Balaban J connectivity index is 3.26. The van der Waals surface area contributed by atoms with Crippen molar-refractivity contribution in [2.75, 3.05) is 7.11 Å². The molecule has 0 saturated carbocycles. The van der Waals surface area contributed by atoms with E-state index < -0.39 is 12.6 Å². The molecule has 17 heavy (non-hydrogen) atoms. The van der Waals surface area contributed by atoms with Gasteiger partial charge in [-0.3, -0.25) is 0 Å². The van der Waals surface area contributed by atoms with Crippen molar-refractivity contribution in [2.45, 2.75) is 6.61 Å². The highest BCUT2D eigenvalue weighted by Crippen LogP contribution is 2.32. The van der Waals surface area contributed by atoms with E-state index in [9.17, 15) is 13.6 Å². The number of carbonyl (C=O) groups is 1. The Kier molecular flexibility index (Phi) is 4.45. The second-order valence-corrected chi connectivity index (χ2v) is 3.29. The van der Waals surface area contributed by atoms with Crippen LogP contribution in [0, 0.1) is 0 Å². The molecule has 6 heteroatoms. The van der Waals surface area contributed by atoms with E-state index in [1.165, 1.54) is 25.3 Å². The van der Waals surface area contributed by atoms with Gasteiger partial charge in [0, 0.05) is 5.56 Å². The van der Waals surface area contributed by atoms with Crippen LogP contribution in [0.25, 0.3) is 6.08 Å². The van der Waals surface area contributed by atoms with Crippen LogP contribution in [0.1, 0.15) is 15.9 Å². The third-order valence-electron chi connectivity index (χ3n) is 1.97. The minimum atomic E-state index is -2.98. The fourth-order valence-electron chi connectivity index (χ4n) is 1.23. The number of hydrogen-bond acceptors (Lipinski definition) is 3. The maximum atomic E-state index is 12.1. The molecule has 0 bridgehead atoms. The zero-order valence-corrected chi connectivity index (χ0v) is 9.63. The second-order valence-electron chi connectivity index (χ2n) is 2.91. The molecule has 1 aromatic carbocycles. The topological polar surface area (TPSA) is 35.5 Å². The average Bonchev–Trinajstić information content (AvgIpc) is 2.28. The first kappa shape index (κ1) is 13.4. The lowest BCUT2D eigenvalue weighted by atomic mass is 10.1. The Labute approximate surface area is 102 Å². The Morgan fingerprint density at radius 1 is 1.53 bits per heavy atom. The highest BCUT2D eigenvalue weighted by Gasteiger charge is 2.18. The Bertz CT molecular complexity index is 447. The van der Waals surface area contributed by atoms with Gasteiger partial charge in [-0.05, 0) is 12.1 Å². The van der Waals surface area contributed by atoms with E-state index in [4.69, 9.17) is 11.6 Å². The van der Waals surface area contributed by atoms with Crippen LogP contribution < -0.4 is 4.74 Å². The van der Waals surface area contributed by atoms with Crippen LogP contribution in [0.2, 0.25) is 5.02 Å². The zero-order valence-electron chi connectivity index (χ0n) is 8.88. The molecule has 0 unspecified atom stereocenters. The molecule has 3 nitrogen and oxygen atoms in total. The summed E-state index contributed by atoms with van der Waals surface area (Å²) < 4.78 is 32.9. The average molecular weight is 263 g/mol. The second kappa shape index (κ2) is 5.63. The van der Waals surface area contributed by atoms with Crippen molar-refractivity contribution >= 4 is 23.6 Å². The van der Waals surface area contributed by atoms with E-state index in [1.807, 2.05) is 0 Å². The quantitative estimate of drug-likeness (QED) is 0.781. The van der Waals surface area contributed by atoms with Crippen LogP contribution in [0.5, 0.6) is 5.75 Å². The first-order chi connectivity index (χ1) is 8.01. The van der Waals surface area contributed by atoms with E-state index in [2.05, 4.69) is 16.1 Å². The summed E-state index contributed by atoms with van der Waals surface area (Å²) in [6, 6.07) is 2.46. The molecule has 0 fully saturated rings. The summed E-state index contributed by atoms with van der Waals surface area (Å²) in [5.74, 6) is -0.811. The number of rotatable bonds is 4. The molecule has 0 radical (unpaired) electrons. The standard InChI is InChI=1S/C11H9ClF2O3/c1-3-6-8(17-11(13)14)5-4-7(9(6)12)10(15)16-2/h3-5,11H,1H2,2H3. The van der Waals surface area contributed by atoms with Gasteiger partial charge in [0.1, 0.15) is 5.75 Å². The molecule has 0 heterocycles. The van der Waals surface area contributed by atoms with Crippen molar-refractivity contribution in [1.82, 2.24) is 0 Å². The van der Waals surface area contributed by atoms with Gasteiger partial charge in [-0.1, -0.05) is 24.3 Å². The highest BCUT2D eigenvalue weighted by molar-refractivity contribution is 6.35. The van der Waals surface area contributed by atoms with Gasteiger partial charge in [0.2, 0.25) is 0 Å². The molecule has 0 aliphatic rings. The molecule has 0 amide bonds. The third kappa shape index (κ3) is 2.94. The molecule has 0 N–H and O–H groups in total. The molecular weight excluding hydrogens is 254 g/mol. The monoisotopic (exact) mass is 262 g/mol. The van der Waals surface area contributed by atoms with Crippen molar-refractivity contribution in [3.8, 4) is 5.75 Å². The smallest absolute Gasteiger partial charge is 0.387 e. The molecule has 0 aromatic heterocycles. The Morgan fingerprint density at radius 3 is 2.65 bits per heavy atom. The molecule has 0 saturated heterocycles. The maximum absolute atomic E-state index is 12.1. The molecule has 0 spiro atoms. The summed E-state index contributed by atoms with van der Waals surface area (Å²) in [7, 11) is 1.19. The summed E-state index contributed by atoms with van der Waals surface area (Å²) in [5.41, 5.74) is 0.181. The summed E-state index contributed by atoms with van der Waals surface area (Å²) in [5, 5.41) is -0.0370. The van der Waals surface area contributed by atoms with Crippen molar-refractivity contribution in [1.29, 1.82) is 0 Å². The van der Waals surface area contributed by atoms with Crippen LogP contribution in [0.4, 0.5) is 8.78 Å². The van der Waals surface area contributed by atoms with Gasteiger partial charge in [-0.25, -0.2) is 4.79 Å². The number of alkyl halides is 2.